The Hall–Kier alpha value is -1.26. The van der Waals surface area contributed by atoms with Crippen LogP contribution in [0.25, 0.3) is 11.0 Å². The molecule has 19 heavy (non-hydrogen) atoms. The second-order valence-electron chi connectivity index (χ2n) is 4.23. The molecule has 2 aromatic rings. The van der Waals surface area contributed by atoms with Crippen LogP contribution in [-0.4, -0.2) is 28.4 Å². The zero-order valence-corrected chi connectivity index (χ0v) is 12.3. The number of likely N-dealkylation sites (N-methyl/N-ethyl adjacent to an activating group) is 1. The molecule has 0 saturated carbocycles. The van der Waals surface area contributed by atoms with Gasteiger partial charge in [-0.3, -0.25) is 4.79 Å². The molecule has 0 saturated heterocycles. The minimum Gasteiger partial charge on any atom is -0.357 e. The van der Waals surface area contributed by atoms with Gasteiger partial charge in [-0.1, -0.05) is 17.7 Å². The summed E-state index contributed by atoms with van der Waals surface area (Å²) in [6.07, 6.45) is 0.591. The molecule has 0 fully saturated rings. The van der Waals surface area contributed by atoms with E-state index in [0.717, 1.165) is 11.3 Å². The van der Waals surface area contributed by atoms with Crippen LogP contribution in [0, 0.1) is 0 Å². The molecule has 0 bridgehead atoms. The number of hydrogen-bond acceptors (Lipinski definition) is 2. The summed E-state index contributed by atoms with van der Waals surface area (Å²) in [7, 11) is 1.62. The molecule has 1 aromatic heterocycles. The number of nitrogens with zero attached hydrogens (tertiary/aromatic N) is 2. The van der Waals surface area contributed by atoms with Crippen LogP contribution >= 0.6 is 23.2 Å². The maximum absolute atomic E-state index is 11.9. The van der Waals surface area contributed by atoms with Crippen LogP contribution in [0.2, 0.25) is 5.02 Å². The third-order valence-corrected chi connectivity index (χ3v) is 3.57. The Kier molecular flexibility index (Phi) is 4.32. The second kappa shape index (κ2) is 5.80. The number of alkyl halides is 1. The third kappa shape index (κ3) is 2.55. The van der Waals surface area contributed by atoms with Crippen LogP contribution in [0.15, 0.2) is 18.2 Å². The van der Waals surface area contributed by atoms with Gasteiger partial charge in [-0.05, 0) is 19.1 Å². The highest BCUT2D eigenvalue weighted by atomic mass is 35.5. The monoisotopic (exact) mass is 299 g/mol. The lowest BCUT2D eigenvalue weighted by Gasteiger charge is -2.15. The van der Waals surface area contributed by atoms with Crippen LogP contribution < -0.4 is 5.32 Å². The van der Waals surface area contributed by atoms with Gasteiger partial charge in [-0.25, -0.2) is 4.98 Å². The van der Waals surface area contributed by atoms with Crippen LogP contribution in [0.4, 0.5) is 0 Å². The average Bonchev–Trinajstić information content (AvgIpc) is 2.77. The average molecular weight is 300 g/mol. The molecule has 1 heterocycles. The number of fused-ring (bicyclic) bond motifs is 1. The van der Waals surface area contributed by atoms with Crippen molar-refractivity contribution in [3.05, 3.63) is 29.0 Å². The van der Waals surface area contributed by atoms with Gasteiger partial charge in [0.15, 0.2) is 0 Å². The van der Waals surface area contributed by atoms with Gasteiger partial charge in [0.05, 0.1) is 10.5 Å². The number of benzene rings is 1. The summed E-state index contributed by atoms with van der Waals surface area (Å²) in [5, 5.41) is 3.23. The van der Waals surface area contributed by atoms with Crippen LogP contribution in [0.5, 0.6) is 0 Å². The maximum atomic E-state index is 11.9. The molecule has 0 aliphatic heterocycles. The highest BCUT2D eigenvalue weighted by Crippen LogP contribution is 2.27. The fourth-order valence-electron chi connectivity index (χ4n) is 2.15. The molecule has 0 spiro atoms. The van der Waals surface area contributed by atoms with Crippen molar-refractivity contribution in [3.63, 3.8) is 0 Å². The Bertz CT molecular complexity index is 609. The lowest BCUT2D eigenvalue weighted by Crippen LogP contribution is -2.28. The molecule has 6 heteroatoms. The van der Waals surface area contributed by atoms with Gasteiger partial charge in [-0.2, -0.15) is 0 Å². The summed E-state index contributed by atoms with van der Waals surface area (Å²) < 4.78 is 1.89. The smallest absolute Gasteiger partial charge is 0.242 e. The van der Waals surface area contributed by atoms with Crippen molar-refractivity contribution in [1.29, 1.82) is 0 Å². The van der Waals surface area contributed by atoms with Crippen molar-refractivity contribution in [1.82, 2.24) is 14.9 Å². The van der Waals surface area contributed by atoms with E-state index in [1.165, 1.54) is 0 Å². The van der Waals surface area contributed by atoms with Crippen molar-refractivity contribution in [2.45, 2.75) is 19.4 Å². The first kappa shape index (κ1) is 14.2. The number of rotatable bonds is 4. The largest absolute Gasteiger partial charge is 0.357 e. The summed E-state index contributed by atoms with van der Waals surface area (Å²) in [6.45, 7) is 1.83. The van der Waals surface area contributed by atoms with Gasteiger partial charge in [0.25, 0.3) is 0 Å². The van der Waals surface area contributed by atoms with Gasteiger partial charge >= 0.3 is 0 Å². The van der Waals surface area contributed by atoms with Gasteiger partial charge in [-0.15, -0.1) is 11.6 Å². The SMILES string of the molecule is CNC(=O)C(C)n1c(CCCl)nc2c(Cl)cccc21. The normalized spacial score (nSPS) is 12.6. The molecule has 102 valence electrons. The number of carbonyl (C=O) groups excluding carboxylic acids is 1. The minimum absolute atomic E-state index is 0.0740. The molecule has 0 radical (unpaired) electrons. The van der Waals surface area contributed by atoms with E-state index in [1.54, 1.807) is 13.1 Å². The molecule has 1 aromatic carbocycles. The van der Waals surface area contributed by atoms with Crippen molar-refractivity contribution >= 4 is 40.1 Å². The molecule has 1 atom stereocenters. The molecule has 1 N–H and O–H groups in total. The quantitative estimate of drug-likeness (QED) is 0.883. The van der Waals surface area contributed by atoms with Crippen LogP contribution in [-0.2, 0) is 11.2 Å². The van der Waals surface area contributed by atoms with Crippen LogP contribution in [0.3, 0.4) is 0 Å². The van der Waals surface area contributed by atoms with Gasteiger partial charge in [0, 0.05) is 19.3 Å². The number of aryl methyl sites for hydroxylation is 1. The van der Waals surface area contributed by atoms with Crippen molar-refractivity contribution in [2.75, 3.05) is 12.9 Å². The number of hydrogen-bond donors (Lipinski definition) is 1. The number of para-hydroxylation sites is 1. The van der Waals surface area contributed by atoms with Crippen LogP contribution in [0.1, 0.15) is 18.8 Å². The Morgan fingerprint density at radius 3 is 2.89 bits per heavy atom. The summed E-state index contributed by atoms with van der Waals surface area (Å²) in [5.74, 6) is 1.14. The summed E-state index contributed by atoms with van der Waals surface area (Å²) in [5.41, 5.74) is 1.56. The van der Waals surface area contributed by atoms with Crippen molar-refractivity contribution in [2.24, 2.45) is 0 Å². The lowest BCUT2D eigenvalue weighted by atomic mass is 10.2. The molecule has 1 amide bonds. The van der Waals surface area contributed by atoms with Gasteiger partial charge in [0.2, 0.25) is 5.91 Å². The third-order valence-electron chi connectivity index (χ3n) is 3.08. The Morgan fingerprint density at radius 2 is 2.26 bits per heavy atom. The van der Waals surface area contributed by atoms with E-state index in [4.69, 9.17) is 23.2 Å². The fourth-order valence-corrected chi connectivity index (χ4v) is 2.53. The Morgan fingerprint density at radius 1 is 1.53 bits per heavy atom. The Balaban J connectivity index is 2.64. The molecule has 0 aliphatic carbocycles. The summed E-state index contributed by atoms with van der Waals surface area (Å²) >= 11 is 12.0. The zero-order chi connectivity index (χ0) is 14.0. The second-order valence-corrected chi connectivity index (χ2v) is 5.02. The number of amides is 1. The standard InChI is InChI=1S/C13H15Cl2N3O/c1-8(13(19)16-2)18-10-5-3-4-9(15)12(10)17-11(18)6-7-14/h3-5,8H,6-7H2,1-2H3,(H,16,19). The molecule has 0 aliphatic rings. The first-order valence-electron chi connectivity index (χ1n) is 6.03. The van der Waals surface area contributed by atoms with Crippen molar-refractivity contribution in [3.8, 4) is 0 Å². The number of aromatic nitrogens is 2. The highest BCUT2D eigenvalue weighted by molar-refractivity contribution is 6.34. The van der Waals surface area contributed by atoms with Crippen molar-refractivity contribution < 1.29 is 4.79 Å². The van der Waals surface area contributed by atoms with E-state index in [9.17, 15) is 4.79 Å². The van der Waals surface area contributed by atoms with E-state index in [2.05, 4.69) is 10.3 Å². The molecule has 1 unspecified atom stereocenters. The molecular formula is C13H15Cl2N3O. The fraction of sp³-hybridized carbons (Fsp3) is 0.385. The molecule has 2 rings (SSSR count). The first-order chi connectivity index (χ1) is 9.10. The molecule has 4 nitrogen and oxygen atoms in total. The van der Waals surface area contributed by atoms with E-state index < -0.39 is 0 Å². The predicted molar refractivity (Wildman–Crippen MR) is 77.9 cm³/mol. The van der Waals surface area contributed by atoms with Gasteiger partial charge in [0.1, 0.15) is 17.4 Å². The minimum atomic E-state index is -0.355. The van der Waals surface area contributed by atoms with E-state index in [-0.39, 0.29) is 11.9 Å². The number of imidazole rings is 1. The van der Waals surface area contributed by atoms with E-state index >= 15 is 0 Å². The Labute approximate surface area is 121 Å². The zero-order valence-electron chi connectivity index (χ0n) is 10.8. The number of nitrogens with one attached hydrogen (secondary N) is 1. The maximum Gasteiger partial charge on any atom is 0.242 e. The highest BCUT2D eigenvalue weighted by Gasteiger charge is 2.21. The predicted octanol–water partition coefficient (Wildman–Crippen LogP) is 2.78. The summed E-state index contributed by atoms with van der Waals surface area (Å²) in [6, 6.07) is 5.19. The lowest BCUT2D eigenvalue weighted by molar-refractivity contribution is -0.123. The van der Waals surface area contributed by atoms with E-state index in [1.807, 2.05) is 23.6 Å². The molecular weight excluding hydrogens is 285 g/mol. The first-order valence-corrected chi connectivity index (χ1v) is 6.94. The van der Waals surface area contributed by atoms with E-state index in [0.29, 0.717) is 22.8 Å². The number of carbonyl (C=O) groups is 1. The summed E-state index contributed by atoms with van der Waals surface area (Å²) in [4.78, 5) is 16.4. The topological polar surface area (TPSA) is 46.9 Å². The number of halogens is 2. The van der Waals surface area contributed by atoms with Gasteiger partial charge < -0.3 is 9.88 Å².